The Hall–Kier alpha value is -2.56. The van der Waals surface area contributed by atoms with Crippen molar-refractivity contribution in [2.24, 2.45) is 0 Å². The molecule has 0 bridgehead atoms. The molecule has 0 aromatic heterocycles. The number of carbonyl (C=O) groups is 1. The van der Waals surface area contributed by atoms with Gasteiger partial charge < -0.3 is 14.8 Å². The van der Waals surface area contributed by atoms with Crippen LogP contribution in [0.5, 0.6) is 11.5 Å². The topological polar surface area (TPSA) is 47.6 Å². The predicted octanol–water partition coefficient (Wildman–Crippen LogP) is 4.57. The zero-order valence-electron chi connectivity index (χ0n) is 15.7. The van der Waals surface area contributed by atoms with Gasteiger partial charge in [-0.2, -0.15) is 0 Å². The Morgan fingerprint density at radius 3 is 2.42 bits per heavy atom. The van der Waals surface area contributed by atoms with Crippen molar-refractivity contribution >= 4 is 5.91 Å². The van der Waals surface area contributed by atoms with Crippen LogP contribution in [-0.4, -0.2) is 19.1 Å². The monoisotopic (exact) mass is 359 g/mol. The summed E-state index contributed by atoms with van der Waals surface area (Å²) in [7, 11) is 1.63. The average molecular weight is 359 g/mol. The highest BCUT2D eigenvalue weighted by atomic mass is 19.1. The summed E-state index contributed by atoms with van der Waals surface area (Å²) in [6.45, 7) is 5.81. The van der Waals surface area contributed by atoms with Gasteiger partial charge in [-0.1, -0.05) is 38.1 Å². The molecule has 0 unspecified atom stereocenters. The fourth-order valence-electron chi connectivity index (χ4n) is 2.82. The van der Waals surface area contributed by atoms with Crippen molar-refractivity contribution < 1.29 is 18.7 Å². The summed E-state index contributed by atoms with van der Waals surface area (Å²) < 4.78 is 24.7. The molecule has 0 fully saturated rings. The van der Waals surface area contributed by atoms with Crippen LogP contribution in [0.4, 0.5) is 4.39 Å². The van der Waals surface area contributed by atoms with Crippen LogP contribution >= 0.6 is 0 Å². The van der Waals surface area contributed by atoms with E-state index in [1.165, 1.54) is 12.1 Å². The lowest BCUT2D eigenvalue weighted by atomic mass is 10.0. The van der Waals surface area contributed by atoms with Crippen LogP contribution in [0.15, 0.2) is 42.5 Å². The smallest absolute Gasteiger partial charge is 0.261 e. The molecule has 0 heterocycles. The molecule has 0 spiro atoms. The summed E-state index contributed by atoms with van der Waals surface area (Å²) in [4.78, 5) is 12.7. The fraction of sp³-hybridized carbons (Fsp3) is 0.381. The highest BCUT2D eigenvalue weighted by molar-refractivity contribution is 5.81. The second-order valence-corrected chi connectivity index (χ2v) is 6.14. The summed E-state index contributed by atoms with van der Waals surface area (Å²) >= 11 is 0. The first kappa shape index (κ1) is 19.8. The minimum absolute atomic E-state index is 0.0860. The molecule has 5 heteroatoms. The van der Waals surface area contributed by atoms with Crippen LogP contribution in [0.1, 0.15) is 43.9 Å². The fourth-order valence-corrected chi connectivity index (χ4v) is 2.82. The minimum Gasteiger partial charge on any atom is -0.496 e. The Kier molecular flexibility index (Phi) is 7.01. The van der Waals surface area contributed by atoms with Gasteiger partial charge in [0.2, 0.25) is 0 Å². The highest BCUT2D eigenvalue weighted by Crippen LogP contribution is 2.25. The molecular weight excluding hydrogens is 333 g/mol. The molecule has 0 saturated carbocycles. The van der Waals surface area contributed by atoms with Crippen molar-refractivity contribution in [1.82, 2.24) is 5.32 Å². The van der Waals surface area contributed by atoms with E-state index < -0.39 is 11.9 Å². The molecule has 140 valence electrons. The number of carbonyl (C=O) groups excluding carboxylic acids is 1. The molecular formula is C21H26FNO3. The first-order chi connectivity index (χ1) is 12.5. The van der Waals surface area contributed by atoms with Gasteiger partial charge in [0.25, 0.3) is 5.91 Å². The minimum atomic E-state index is -0.750. The number of nitrogens with one attached hydrogen (secondary N) is 1. The molecule has 1 N–H and O–H groups in total. The lowest BCUT2D eigenvalue weighted by Crippen LogP contribution is -2.40. The van der Waals surface area contributed by atoms with Gasteiger partial charge >= 0.3 is 0 Å². The molecule has 0 radical (unpaired) electrons. The third-order valence-corrected chi connectivity index (χ3v) is 4.32. The van der Waals surface area contributed by atoms with Crippen LogP contribution in [0.3, 0.4) is 0 Å². The Morgan fingerprint density at radius 2 is 1.85 bits per heavy atom. The van der Waals surface area contributed by atoms with Crippen molar-refractivity contribution in [2.75, 3.05) is 7.11 Å². The molecule has 0 saturated heterocycles. The van der Waals surface area contributed by atoms with E-state index in [1.807, 2.05) is 39.0 Å². The van der Waals surface area contributed by atoms with E-state index in [1.54, 1.807) is 19.2 Å². The second-order valence-electron chi connectivity index (χ2n) is 6.14. The summed E-state index contributed by atoms with van der Waals surface area (Å²) in [6.07, 6.45) is 0.423. The first-order valence-corrected chi connectivity index (χ1v) is 8.86. The highest BCUT2D eigenvalue weighted by Gasteiger charge is 2.23. The molecule has 26 heavy (non-hydrogen) atoms. The van der Waals surface area contributed by atoms with E-state index in [-0.39, 0.29) is 17.7 Å². The molecule has 2 rings (SSSR count). The van der Waals surface area contributed by atoms with E-state index in [2.05, 4.69) is 5.32 Å². The molecule has 0 aliphatic carbocycles. The number of hydrogen-bond acceptors (Lipinski definition) is 3. The van der Waals surface area contributed by atoms with Crippen LogP contribution < -0.4 is 14.8 Å². The number of rotatable bonds is 8. The number of hydrogen-bond donors (Lipinski definition) is 1. The van der Waals surface area contributed by atoms with Crippen LogP contribution in [-0.2, 0) is 4.79 Å². The quantitative estimate of drug-likeness (QED) is 0.751. The van der Waals surface area contributed by atoms with E-state index in [4.69, 9.17) is 9.47 Å². The average Bonchev–Trinajstić information content (AvgIpc) is 2.65. The maximum absolute atomic E-state index is 13.8. The summed E-state index contributed by atoms with van der Waals surface area (Å²) in [5.41, 5.74) is 2.01. The van der Waals surface area contributed by atoms with Gasteiger partial charge in [-0.15, -0.1) is 0 Å². The Balaban J connectivity index is 2.11. The van der Waals surface area contributed by atoms with E-state index in [0.29, 0.717) is 6.42 Å². The first-order valence-electron chi connectivity index (χ1n) is 8.86. The molecule has 0 aliphatic rings. The molecule has 2 atom stereocenters. The zero-order valence-corrected chi connectivity index (χ0v) is 15.7. The maximum Gasteiger partial charge on any atom is 0.261 e. The molecule has 0 aliphatic heterocycles. The number of aryl methyl sites for hydroxylation is 1. The number of amides is 1. The van der Waals surface area contributed by atoms with Gasteiger partial charge in [0, 0.05) is 0 Å². The Bertz CT molecular complexity index is 748. The lowest BCUT2D eigenvalue weighted by molar-refractivity contribution is -0.129. The number of para-hydroxylation sites is 1. The van der Waals surface area contributed by atoms with Crippen molar-refractivity contribution in [3.05, 3.63) is 59.4 Å². The van der Waals surface area contributed by atoms with Crippen molar-refractivity contribution in [1.29, 1.82) is 0 Å². The van der Waals surface area contributed by atoms with Gasteiger partial charge in [-0.25, -0.2) is 4.39 Å². The number of ether oxygens (including phenoxy) is 2. The van der Waals surface area contributed by atoms with E-state index >= 15 is 0 Å². The Labute approximate surface area is 154 Å². The second kappa shape index (κ2) is 9.22. The largest absolute Gasteiger partial charge is 0.496 e. The molecule has 2 aromatic rings. The third kappa shape index (κ3) is 4.75. The lowest BCUT2D eigenvalue weighted by Gasteiger charge is -2.23. The Morgan fingerprint density at radius 1 is 1.12 bits per heavy atom. The molecule has 1 amide bonds. The van der Waals surface area contributed by atoms with Crippen molar-refractivity contribution in [2.45, 2.75) is 45.8 Å². The summed E-state index contributed by atoms with van der Waals surface area (Å²) in [5, 5.41) is 3.01. The third-order valence-electron chi connectivity index (χ3n) is 4.32. The standard InChI is InChI=1S/C21H26FNO3/c1-5-17(15-11-12-19(25-4)14(3)13-15)23-21(24)18(6-2)26-20-10-8-7-9-16(20)22/h7-13,17-18H,5-6H2,1-4H3,(H,23,24)/t17-,18+/m0/s1. The molecule has 2 aromatic carbocycles. The van der Waals surface area contributed by atoms with Crippen molar-refractivity contribution in [3.63, 3.8) is 0 Å². The molecule has 4 nitrogen and oxygen atoms in total. The van der Waals surface area contributed by atoms with Gasteiger partial charge in [0.15, 0.2) is 17.7 Å². The van der Waals surface area contributed by atoms with Crippen molar-refractivity contribution in [3.8, 4) is 11.5 Å². The van der Waals surface area contributed by atoms with Gasteiger partial charge in [-0.3, -0.25) is 4.79 Å². The van der Waals surface area contributed by atoms with Crippen LogP contribution in [0, 0.1) is 12.7 Å². The number of halogens is 1. The van der Waals surface area contributed by atoms with E-state index in [9.17, 15) is 9.18 Å². The predicted molar refractivity (Wildman–Crippen MR) is 100 cm³/mol. The van der Waals surface area contributed by atoms with Crippen LogP contribution in [0.25, 0.3) is 0 Å². The SMILES string of the molecule is CC[C@H](NC(=O)[C@@H](CC)Oc1ccccc1F)c1ccc(OC)c(C)c1. The number of methoxy groups -OCH3 is 1. The summed E-state index contributed by atoms with van der Waals surface area (Å²) in [6, 6.07) is 11.8. The maximum atomic E-state index is 13.8. The van der Waals surface area contributed by atoms with Gasteiger partial charge in [-0.05, 0) is 49.1 Å². The van der Waals surface area contributed by atoms with Gasteiger partial charge in [0.1, 0.15) is 5.75 Å². The zero-order chi connectivity index (χ0) is 19.1. The summed E-state index contributed by atoms with van der Waals surface area (Å²) in [5.74, 6) is 0.166. The number of benzene rings is 2. The van der Waals surface area contributed by atoms with E-state index in [0.717, 1.165) is 23.3 Å². The van der Waals surface area contributed by atoms with Gasteiger partial charge in [0.05, 0.1) is 13.2 Å². The van der Waals surface area contributed by atoms with Crippen LogP contribution in [0.2, 0.25) is 0 Å². The normalized spacial score (nSPS) is 13.0.